The first-order chi connectivity index (χ1) is 3.93. The molecule has 0 unspecified atom stereocenters. The van der Waals surface area contributed by atoms with Gasteiger partial charge in [-0.3, -0.25) is 11.3 Å². The van der Waals surface area contributed by atoms with Crippen LogP contribution in [0.1, 0.15) is 6.42 Å². The molecular formula is C5H12N2S. The SMILES string of the molecule is NNCCC1CSC1. The molecule has 1 aliphatic rings. The minimum absolute atomic E-state index is 0.955. The maximum atomic E-state index is 5.10. The van der Waals surface area contributed by atoms with Crippen molar-refractivity contribution >= 4 is 11.8 Å². The predicted molar refractivity (Wildman–Crippen MR) is 37.6 cm³/mol. The van der Waals surface area contributed by atoms with Crippen molar-refractivity contribution in [2.75, 3.05) is 18.1 Å². The van der Waals surface area contributed by atoms with Crippen molar-refractivity contribution in [1.29, 1.82) is 0 Å². The van der Waals surface area contributed by atoms with E-state index in [-0.39, 0.29) is 0 Å². The van der Waals surface area contributed by atoms with E-state index in [1.54, 1.807) is 0 Å². The molecule has 2 nitrogen and oxygen atoms in total. The van der Waals surface area contributed by atoms with E-state index < -0.39 is 0 Å². The van der Waals surface area contributed by atoms with Gasteiger partial charge in [-0.1, -0.05) is 0 Å². The summed E-state index contributed by atoms with van der Waals surface area (Å²) in [4.78, 5) is 0. The summed E-state index contributed by atoms with van der Waals surface area (Å²) in [5.74, 6) is 8.75. The van der Waals surface area contributed by atoms with Gasteiger partial charge in [0, 0.05) is 6.54 Å². The maximum absolute atomic E-state index is 5.10. The highest BCUT2D eigenvalue weighted by Crippen LogP contribution is 2.26. The van der Waals surface area contributed by atoms with Crippen molar-refractivity contribution in [3.8, 4) is 0 Å². The van der Waals surface area contributed by atoms with Crippen LogP contribution >= 0.6 is 11.8 Å². The summed E-state index contributed by atoms with van der Waals surface area (Å²) in [7, 11) is 0. The Balaban J connectivity index is 1.86. The molecule has 8 heavy (non-hydrogen) atoms. The predicted octanol–water partition coefficient (Wildman–Crippen LogP) is 0.203. The zero-order chi connectivity index (χ0) is 5.82. The zero-order valence-corrected chi connectivity index (χ0v) is 5.71. The minimum atomic E-state index is 0.955. The number of hydrazine groups is 1. The van der Waals surface area contributed by atoms with Crippen LogP contribution in [0, 0.1) is 5.92 Å². The third kappa shape index (κ3) is 1.65. The number of nitrogens with two attached hydrogens (primary N) is 1. The van der Waals surface area contributed by atoms with Gasteiger partial charge in [0.25, 0.3) is 0 Å². The minimum Gasteiger partial charge on any atom is -0.271 e. The number of thioether (sulfide) groups is 1. The Morgan fingerprint density at radius 3 is 2.75 bits per heavy atom. The van der Waals surface area contributed by atoms with E-state index in [9.17, 15) is 0 Å². The second-order valence-electron chi connectivity index (χ2n) is 2.15. The van der Waals surface area contributed by atoms with E-state index in [0.29, 0.717) is 0 Å². The van der Waals surface area contributed by atoms with Gasteiger partial charge in [-0.15, -0.1) is 0 Å². The highest BCUT2D eigenvalue weighted by Gasteiger charge is 2.16. The van der Waals surface area contributed by atoms with Gasteiger partial charge < -0.3 is 0 Å². The molecule has 0 amide bonds. The zero-order valence-electron chi connectivity index (χ0n) is 4.89. The lowest BCUT2D eigenvalue weighted by Gasteiger charge is -2.24. The Morgan fingerprint density at radius 2 is 2.38 bits per heavy atom. The van der Waals surface area contributed by atoms with Crippen molar-refractivity contribution < 1.29 is 0 Å². The van der Waals surface area contributed by atoms with Crippen LogP contribution < -0.4 is 11.3 Å². The third-order valence-electron chi connectivity index (χ3n) is 1.40. The summed E-state index contributed by atoms with van der Waals surface area (Å²) in [5.41, 5.74) is 2.66. The number of hydrogen-bond donors (Lipinski definition) is 2. The molecule has 1 aliphatic heterocycles. The van der Waals surface area contributed by atoms with E-state index in [1.165, 1.54) is 17.9 Å². The van der Waals surface area contributed by atoms with Crippen LogP contribution in [0.3, 0.4) is 0 Å². The van der Waals surface area contributed by atoms with Gasteiger partial charge in [-0.2, -0.15) is 11.8 Å². The van der Waals surface area contributed by atoms with Gasteiger partial charge in [0.1, 0.15) is 0 Å². The van der Waals surface area contributed by atoms with Crippen molar-refractivity contribution in [2.24, 2.45) is 11.8 Å². The van der Waals surface area contributed by atoms with Crippen LogP contribution in [0.5, 0.6) is 0 Å². The van der Waals surface area contributed by atoms with Crippen molar-refractivity contribution in [1.82, 2.24) is 5.43 Å². The molecule has 0 aliphatic carbocycles. The normalized spacial score (nSPS) is 20.6. The van der Waals surface area contributed by atoms with Crippen molar-refractivity contribution in [2.45, 2.75) is 6.42 Å². The summed E-state index contributed by atoms with van der Waals surface area (Å²) in [6, 6.07) is 0. The average molecular weight is 132 g/mol. The smallest absolute Gasteiger partial charge is 0.0101 e. The third-order valence-corrected chi connectivity index (χ3v) is 2.82. The lowest BCUT2D eigenvalue weighted by molar-refractivity contribution is 0.542. The summed E-state index contributed by atoms with van der Waals surface area (Å²) in [6.45, 7) is 0.977. The Hall–Kier alpha value is 0.270. The Bertz CT molecular complexity index is 63.4. The lowest BCUT2D eigenvalue weighted by Crippen LogP contribution is -2.28. The highest BCUT2D eigenvalue weighted by atomic mass is 32.2. The van der Waals surface area contributed by atoms with Crippen LogP contribution in [-0.2, 0) is 0 Å². The summed E-state index contributed by atoms with van der Waals surface area (Å²) >= 11 is 2.03. The molecule has 0 atom stereocenters. The maximum Gasteiger partial charge on any atom is 0.0101 e. The van der Waals surface area contributed by atoms with Crippen LogP contribution in [0.2, 0.25) is 0 Å². The molecule has 1 rings (SSSR count). The molecule has 3 heteroatoms. The molecule has 0 saturated carbocycles. The number of hydrogen-bond acceptors (Lipinski definition) is 3. The average Bonchev–Trinajstić information content (AvgIpc) is 1.63. The standard InChI is InChI=1S/C5H12N2S/c6-7-2-1-5-3-8-4-5/h5,7H,1-4,6H2. The van der Waals surface area contributed by atoms with Gasteiger partial charge >= 0.3 is 0 Å². The van der Waals surface area contributed by atoms with Gasteiger partial charge in [0.05, 0.1) is 0 Å². The van der Waals surface area contributed by atoms with E-state index in [1.807, 2.05) is 11.8 Å². The van der Waals surface area contributed by atoms with Crippen LogP contribution in [0.4, 0.5) is 0 Å². The van der Waals surface area contributed by atoms with Gasteiger partial charge in [0.15, 0.2) is 0 Å². The largest absolute Gasteiger partial charge is 0.271 e. The summed E-state index contributed by atoms with van der Waals surface area (Å²) in [6.07, 6.45) is 1.25. The van der Waals surface area contributed by atoms with Crippen LogP contribution in [0.25, 0.3) is 0 Å². The fourth-order valence-electron chi connectivity index (χ4n) is 0.739. The second-order valence-corrected chi connectivity index (χ2v) is 3.22. The number of nitrogens with one attached hydrogen (secondary N) is 1. The Labute approximate surface area is 54.2 Å². The quantitative estimate of drug-likeness (QED) is 0.425. The monoisotopic (exact) mass is 132 g/mol. The number of rotatable bonds is 3. The molecule has 1 heterocycles. The second kappa shape index (κ2) is 3.33. The summed E-state index contributed by atoms with van der Waals surface area (Å²) in [5, 5.41) is 0. The first kappa shape index (κ1) is 6.39. The Kier molecular flexibility index (Phi) is 2.66. The molecule has 1 fully saturated rings. The van der Waals surface area contributed by atoms with Crippen molar-refractivity contribution in [3.05, 3.63) is 0 Å². The van der Waals surface area contributed by atoms with Crippen LogP contribution in [-0.4, -0.2) is 18.1 Å². The fraction of sp³-hybridized carbons (Fsp3) is 1.00. The van der Waals surface area contributed by atoms with E-state index in [0.717, 1.165) is 12.5 Å². The van der Waals surface area contributed by atoms with Gasteiger partial charge in [0.2, 0.25) is 0 Å². The van der Waals surface area contributed by atoms with Gasteiger partial charge in [-0.05, 0) is 23.8 Å². The molecule has 0 aromatic rings. The van der Waals surface area contributed by atoms with Crippen LogP contribution in [0.15, 0.2) is 0 Å². The molecule has 3 N–H and O–H groups in total. The molecule has 0 spiro atoms. The topological polar surface area (TPSA) is 38.0 Å². The van der Waals surface area contributed by atoms with E-state index in [2.05, 4.69) is 5.43 Å². The molecule has 48 valence electrons. The summed E-state index contributed by atoms with van der Waals surface area (Å²) < 4.78 is 0. The molecule has 0 aromatic carbocycles. The first-order valence-electron chi connectivity index (χ1n) is 2.94. The first-order valence-corrected chi connectivity index (χ1v) is 4.10. The van der Waals surface area contributed by atoms with E-state index in [4.69, 9.17) is 5.84 Å². The highest BCUT2D eigenvalue weighted by molar-refractivity contribution is 8.00. The fourth-order valence-corrected chi connectivity index (χ4v) is 1.64. The van der Waals surface area contributed by atoms with Crippen molar-refractivity contribution in [3.63, 3.8) is 0 Å². The van der Waals surface area contributed by atoms with E-state index >= 15 is 0 Å². The van der Waals surface area contributed by atoms with Gasteiger partial charge in [-0.25, -0.2) is 0 Å². The molecule has 0 aromatic heterocycles. The molecular weight excluding hydrogens is 120 g/mol. The molecule has 1 saturated heterocycles. The lowest BCUT2D eigenvalue weighted by atomic mass is 10.1. The Morgan fingerprint density at radius 1 is 1.62 bits per heavy atom. The molecule has 0 bridgehead atoms. The molecule has 0 radical (unpaired) electrons.